The summed E-state index contributed by atoms with van der Waals surface area (Å²) in [6.07, 6.45) is -0.872. The van der Waals surface area contributed by atoms with E-state index in [1.54, 1.807) is 31.2 Å². The van der Waals surface area contributed by atoms with Gasteiger partial charge in [0.1, 0.15) is 17.9 Å². The largest absolute Gasteiger partial charge is 0.488 e. The van der Waals surface area contributed by atoms with Crippen LogP contribution in [0.25, 0.3) is 0 Å². The minimum absolute atomic E-state index is 0.298. The number of carbonyl (C=O) groups excluding carboxylic acids is 2. The van der Waals surface area contributed by atoms with Crippen molar-refractivity contribution in [3.8, 4) is 5.75 Å². The van der Waals surface area contributed by atoms with E-state index in [0.29, 0.717) is 30.4 Å². The minimum atomic E-state index is -0.872. The topological polar surface area (TPSA) is 64.6 Å². The van der Waals surface area contributed by atoms with Gasteiger partial charge in [-0.25, -0.2) is 4.79 Å². The zero-order valence-electron chi connectivity index (χ0n) is 15.4. The Hall–Kier alpha value is -2.82. The highest BCUT2D eigenvalue weighted by Gasteiger charge is 2.21. The molecule has 0 aromatic heterocycles. The van der Waals surface area contributed by atoms with Crippen molar-refractivity contribution in [3.05, 3.63) is 65.7 Å². The van der Waals surface area contributed by atoms with Crippen molar-refractivity contribution in [1.29, 1.82) is 0 Å². The molecule has 0 aliphatic carbocycles. The summed E-state index contributed by atoms with van der Waals surface area (Å²) in [7, 11) is 0. The number of carbonyl (C=O) groups is 2. The van der Waals surface area contributed by atoms with Gasteiger partial charge in [0, 0.05) is 6.54 Å². The van der Waals surface area contributed by atoms with Gasteiger partial charge in [-0.05, 0) is 30.5 Å². The third-order valence-electron chi connectivity index (χ3n) is 3.68. The molecule has 0 radical (unpaired) electrons. The summed E-state index contributed by atoms with van der Waals surface area (Å²) < 4.78 is 11.1. The Morgan fingerprint density at radius 2 is 1.62 bits per heavy atom. The molecule has 0 spiro atoms. The van der Waals surface area contributed by atoms with Crippen molar-refractivity contribution < 1.29 is 19.1 Å². The van der Waals surface area contributed by atoms with Gasteiger partial charge in [0.25, 0.3) is 5.91 Å². The van der Waals surface area contributed by atoms with Gasteiger partial charge in [-0.1, -0.05) is 56.3 Å². The molecule has 5 heteroatoms. The molecule has 1 unspecified atom stereocenters. The molecule has 0 bridgehead atoms. The van der Waals surface area contributed by atoms with E-state index in [4.69, 9.17) is 9.47 Å². The number of nitrogens with one attached hydrogen (secondary N) is 1. The fourth-order valence-corrected chi connectivity index (χ4v) is 2.22. The normalized spacial score (nSPS) is 11.7. The lowest BCUT2D eigenvalue weighted by Gasteiger charge is -2.16. The van der Waals surface area contributed by atoms with Gasteiger partial charge >= 0.3 is 5.97 Å². The van der Waals surface area contributed by atoms with E-state index in [1.807, 2.05) is 44.2 Å². The third kappa shape index (κ3) is 5.92. The highest BCUT2D eigenvalue weighted by molar-refractivity contribution is 5.94. The van der Waals surface area contributed by atoms with Crippen LogP contribution in [0.3, 0.4) is 0 Å². The Morgan fingerprint density at radius 1 is 0.962 bits per heavy atom. The van der Waals surface area contributed by atoms with Crippen molar-refractivity contribution >= 4 is 11.9 Å². The van der Waals surface area contributed by atoms with Crippen LogP contribution in [0.5, 0.6) is 5.75 Å². The maximum atomic E-state index is 12.4. The second kappa shape index (κ2) is 9.61. The Labute approximate surface area is 154 Å². The number of ether oxygens (including phenoxy) is 2. The molecule has 0 heterocycles. The highest BCUT2D eigenvalue weighted by Crippen LogP contribution is 2.21. The molecule has 0 aliphatic heterocycles. The van der Waals surface area contributed by atoms with Crippen LogP contribution in [0.1, 0.15) is 36.7 Å². The Balaban J connectivity index is 1.99. The van der Waals surface area contributed by atoms with Crippen molar-refractivity contribution in [3.63, 3.8) is 0 Å². The molecular weight excluding hydrogens is 330 g/mol. The molecule has 138 valence electrons. The van der Waals surface area contributed by atoms with E-state index in [1.165, 1.54) is 0 Å². The quantitative estimate of drug-likeness (QED) is 0.735. The molecule has 0 saturated carbocycles. The molecule has 2 rings (SSSR count). The second-order valence-electron chi connectivity index (χ2n) is 6.46. The second-order valence-corrected chi connectivity index (χ2v) is 6.46. The highest BCUT2D eigenvalue weighted by atomic mass is 16.5. The first-order valence-corrected chi connectivity index (χ1v) is 8.71. The van der Waals surface area contributed by atoms with Crippen molar-refractivity contribution in [2.24, 2.45) is 5.92 Å². The Morgan fingerprint density at radius 3 is 2.31 bits per heavy atom. The van der Waals surface area contributed by atoms with E-state index in [2.05, 4.69) is 5.32 Å². The molecule has 5 nitrogen and oxygen atoms in total. The number of hydrogen-bond acceptors (Lipinski definition) is 4. The monoisotopic (exact) mass is 355 g/mol. The van der Waals surface area contributed by atoms with Crippen LogP contribution in [-0.4, -0.2) is 24.5 Å². The van der Waals surface area contributed by atoms with Crippen LogP contribution < -0.4 is 10.1 Å². The number of para-hydroxylation sites is 1. The fourth-order valence-electron chi connectivity index (χ4n) is 2.22. The summed E-state index contributed by atoms with van der Waals surface area (Å²) in [6.45, 7) is 6.43. The van der Waals surface area contributed by atoms with Crippen LogP contribution in [-0.2, 0) is 16.1 Å². The van der Waals surface area contributed by atoms with E-state index in [0.717, 1.165) is 5.56 Å². The summed E-state index contributed by atoms with van der Waals surface area (Å²) in [5.74, 6) is -0.138. The van der Waals surface area contributed by atoms with E-state index >= 15 is 0 Å². The maximum Gasteiger partial charge on any atom is 0.342 e. The molecule has 26 heavy (non-hydrogen) atoms. The Kier molecular flexibility index (Phi) is 7.21. The number of hydrogen-bond donors (Lipinski definition) is 1. The predicted molar refractivity (Wildman–Crippen MR) is 99.9 cm³/mol. The first-order valence-electron chi connectivity index (χ1n) is 8.71. The van der Waals surface area contributed by atoms with Crippen molar-refractivity contribution in [2.75, 3.05) is 6.54 Å². The van der Waals surface area contributed by atoms with Crippen LogP contribution in [0, 0.1) is 5.92 Å². The fraction of sp³-hybridized carbons (Fsp3) is 0.333. The standard InChI is InChI=1S/C21H25NO4/c1-15(2)13-22-20(23)16(3)26-21(24)18-11-7-8-12-19(18)25-14-17-9-5-4-6-10-17/h4-12,15-16H,13-14H2,1-3H3,(H,22,23). The van der Waals surface area contributed by atoms with Gasteiger partial charge in [0.05, 0.1) is 0 Å². The number of benzene rings is 2. The minimum Gasteiger partial charge on any atom is -0.488 e. The van der Waals surface area contributed by atoms with E-state index < -0.39 is 12.1 Å². The van der Waals surface area contributed by atoms with Crippen LogP contribution >= 0.6 is 0 Å². The summed E-state index contributed by atoms with van der Waals surface area (Å²) in [4.78, 5) is 24.4. The lowest BCUT2D eigenvalue weighted by molar-refractivity contribution is -0.129. The number of rotatable bonds is 8. The van der Waals surface area contributed by atoms with Gasteiger partial charge in [0.2, 0.25) is 0 Å². The molecule has 2 aromatic rings. The van der Waals surface area contributed by atoms with E-state index in [-0.39, 0.29) is 5.91 Å². The molecule has 1 amide bonds. The van der Waals surface area contributed by atoms with Gasteiger partial charge in [-0.3, -0.25) is 4.79 Å². The number of esters is 1. The van der Waals surface area contributed by atoms with Crippen molar-refractivity contribution in [2.45, 2.75) is 33.5 Å². The van der Waals surface area contributed by atoms with Crippen LogP contribution in [0.15, 0.2) is 54.6 Å². The summed E-state index contributed by atoms with van der Waals surface area (Å²) >= 11 is 0. The molecule has 0 fully saturated rings. The van der Waals surface area contributed by atoms with E-state index in [9.17, 15) is 9.59 Å². The van der Waals surface area contributed by atoms with Gasteiger partial charge in [-0.15, -0.1) is 0 Å². The van der Waals surface area contributed by atoms with Gasteiger partial charge < -0.3 is 14.8 Å². The zero-order chi connectivity index (χ0) is 18.9. The Bertz CT molecular complexity index is 728. The summed E-state index contributed by atoms with van der Waals surface area (Å²) in [6, 6.07) is 16.5. The molecule has 0 saturated heterocycles. The van der Waals surface area contributed by atoms with Crippen LogP contribution in [0.2, 0.25) is 0 Å². The molecule has 0 aliphatic rings. The number of amides is 1. The first kappa shape index (κ1) is 19.5. The van der Waals surface area contributed by atoms with Gasteiger partial charge in [-0.2, -0.15) is 0 Å². The van der Waals surface area contributed by atoms with Gasteiger partial charge in [0.15, 0.2) is 6.10 Å². The summed E-state index contributed by atoms with van der Waals surface area (Å²) in [5.41, 5.74) is 1.30. The maximum absolute atomic E-state index is 12.4. The average Bonchev–Trinajstić information content (AvgIpc) is 2.65. The smallest absolute Gasteiger partial charge is 0.342 e. The lowest BCUT2D eigenvalue weighted by atomic mass is 10.2. The first-order chi connectivity index (χ1) is 12.5. The molecule has 1 N–H and O–H groups in total. The zero-order valence-corrected chi connectivity index (χ0v) is 15.4. The average molecular weight is 355 g/mol. The molecule has 1 atom stereocenters. The predicted octanol–water partition coefficient (Wildman–Crippen LogP) is 3.58. The third-order valence-corrected chi connectivity index (χ3v) is 3.68. The SMILES string of the molecule is CC(C)CNC(=O)C(C)OC(=O)c1ccccc1OCc1ccccc1. The van der Waals surface area contributed by atoms with Crippen molar-refractivity contribution in [1.82, 2.24) is 5.32 Å². The summed E-state index contributed by atoms with van der Waals surface area (Å²) in [5, 5.41) is 2.75. The molecular formula is C21H25NO4. The lowest BCUT2D eigenvalue weighted by Crippen LogP contribution is -2.37. The molecule has 2 aromatic carbocycles. The van der Waals surface area contributed by atoms with Crippen LogP contribution in [0.4, 0.5) is 0 Å².